The number of phenolic OH excluding ortho intramolecular Hbond substituents is 1. The van der Waals surface area contributed by atoms with Crippen LogP contribution < -0.4 is 10.1 Å². The maximum absolute atomic E-state index is 9.66. The minimum absolute atomic E-state index is 0.198. The number of hydrogen-bond donors (Lipinski definition) is 2. The molecular formula is C17H27NO2. The van der Waals surface area contributed by atoms with Crippen molar-refractivity contribution in [3.05, 3.63) is 23.8 Å². The fraction of sp³-hybridized carbons (Fsp3) is 0.647. The van der Waals surface area contributed by atoms with Gasteiger partial charge in [-0.15, -0.1) is 0 Å². The van der Waals surface area contributed by atoms with E-state index < -0.39 is 0 Å². The van der Waals surface area contributed by atoms with Gasteiger partial charge < -0.3 is 15.2 Å². The van der Waals surface area contributed by atoms with Gasteiger partial charge in [-0.1, -0.05) is 25.3 Å². The molecule has 0 bridgehead atoms. The molecule has 0 aliphatic heterocycles. The van der Waals surface area contributed by atoms with E-state index in [2.05, 4.69) is 19.2 Å². The molecule has 1 aromatic rings. The molecule has 0 heterocycles. The Hall–Kier alpha value is -1.22. The second-order valence-corrected chi connectivity index (χ2v) is 6.01. The number of nitrogens with one attached hydrogen (secondary N) is 1. The minimum atomic E-state index is 0.198. The average Bonchev–Trinajstić information content (AvgIpc) is 2.48. The first-order valence-corrected chi connectivity index (χ1v) is 7.74. The van der Waals surface area contributed by atoms with Gasteiger partial charge in [-0.05, 0) is 50.3 Å². The van der Waals surface area contributed by atoms with E-state index in [1.807, 2.05) is 12.1 Å². The standard InChI is InChI=1S/C17H27NO2/c1-12(14-7-5-4-6-8-14)18-13(2)15-9-10-16(19)17(11-15)20-3/h9-14,18-19H,4-8H2,1-3H3/t12-,13?/m1/s1. The van der Waals surface area contributed by atoms with E-state index in [1.54, 1.807) is 13.2 Å². The lowest BCUT2D eigenvalue weighted by molar-refractivity contribution is 0.268. The van der Waals surface area contributed by atoms with Crippen molar-refractivity contribution in [2.24, 2.45) is 5.92 Å². The second-order valence-electron chi connectivity index (χ2n) is 6.01. The zero-order valence-corrected chi connectivity index (χ0v) is 12.9. The van der Waals surface area contributed by atoms with Crippen LogP contribution in [0.3, 0.4) is 0 Å². The molecule has 3 nitrogen and oxygen atoms in total. The third kappa shape index (κ3) is 3.66. The molecule has 0 amide bonds. The lowest BCUT2D eigenvalue weighted by Crippen LogP contribution is -2.36. The van der Waals surface area contributed by atoms with E-state index in [1.165, 1.54) is 32.1 Å². The van der Waals surface area contributed by atoms with E-state index in [-0.39, 0.29) is 11.8 Å². The van der Waals surface area contributed by atoms with Gasteiger partial charge in [-0.2, -0.15) is 0 Å². The highest BCUT2D eigenvalue weighted by atomic mass is 16.5. The van der Waals surface area contributed by atoms with Crippen LogP contribution in [0.5, 0.6) is 11.5 Å². The van der Waals surface area contributed by atoms with Crippen LogP contribution in [-0.2, 0) is 0 Å². The molecule has 1 unspecified atom stereocenters. The number of rotatable bonds is 5. The Labute approximate surface area is 122 Å². The normalized spacial score (nSPS) is 19.6. The summed E-state index contributed by atoms with van der Waals surface area (Å²) >= 11 is 0. The van der Waals surface area contributed by atoms with Gasteiger partial charge in [0.05, 0.1) is 7.11 Å². The van der Waals surface area contributed by atoms with Crippen molar-refractivity contribution in [2.75, 3.05) is 7.11 Å². The van der Waals surface area contributed by atoms with Gasteiger partial charge in [0.15, 0.2) is 11.5 Å². The van der Waals surface area contributed by atoms with Crippen LogP contribution in [0.1, 0.15) is 57.6 Å². The summed E-state index contributed by atoms with van der Waals surface area (Å²) in [6.07, 6.45) is 6.84. The van der Waals surface area contributed by atoms with Gasteiger partial charge in [0.2, 0.25) is 0 Å². The molecule has 2 N–H and O–H groups in total. The van der Waals surface area contributed by atoms with Crippen molar-refractivity contribution in [1.82, 2.24) is 5.32 Å². The molecule has 0 spiro atoms. The van der Waals surface area contributed by atoms with Gasteiger partial charge in [-0.25, -0.2) is 0 Å². The molecule has 20 heavy (non-hydrogen) atoms. The summed E-state index contributed by atoms with van der Waals surface area (Å²) in [5.41, 5.74) is 1.15. The Morgan fingerprint density at radius 2 is 1.90 bits per heavy atom. The Balaban J connectivity index is 1.98. The minimum Gasteiger partial charge on any atom is -0.504 e. The number of benzene rings is 1. The number of phenols is 1. The molecule has 1 fully saturated rings. The molecule has 2 atom stereocenters. The Morgan fingerprint density at radius 3 is 2.55 bits per heavy atom. The third-order valence-electron chi connectivity index (χ3n) is 4.57. The summed E-state index contributed by atoms with van der Waals surface area (Å²) in [5, 5.41) is 13.4. The third-order valence-corrected chi connectivity index (χ3v) is 4.57. The topological polar surface area (TPSA) is 41.5 Å². The first kappa shape index (κ1) is 15.2. The highest BCUT2D eigenvalue weighted by Crippen LogP contribution is 2.31. The highest BCUT2D eigenvalue weighted by Gasteiger charge is 2.21. The van der Waals surface area contributed by atoms with E-state index in [4.69, 9.17) is 4.74 Å². The molecule has 1 aromatic carbocycles. The van der Waals surface area contributed by atoms with Gasteiger partial charge in [0.1, 0.15) is 0 Å². The number of ether oxygens (including phenoxy) is 1. The van der Waals surface area contributed by atoms with Gasteiger partial charge >= 0.3 is 0 Å². The van der Waals surface area contributed by atoms with E-state index in [0.29, 0.717) is 11.8 Å². The molecule has 1 aliphatic carbocycles. The van der Waals surface area contributed by atoms with E-state index >= 15 is 0 Å². The van der Waals surface area contributed by atoms with Crippen LogP contribution in [0.15, 0.2) is 18.2 Å². The van der Waals surface area contributed by atoms with Crippen LogP contribution in [0.4, 0.5) is 0 Å². The zero-order valence-electron chi connectivity index (χ0n) is 12.9. The fourth-order valence-electron chi connectivity index (χ4n) is 3.22. The molecule has 3 heteroatoms. The van der Waals surface area contributed by atoms with E-state index in [9.17, 15) is 5.11 Å². The summed E-state index contributed by atoms with van der Waals surface area (Å²) in [7, 11) is 1.58. The fourth-order valence-corrected chi connectivity index (χ4v) is 3.22. The Kier molecular flexibility index (Phi) is 5.30. The molecular weight excluding hydrogens is 250 g/mol. The molecule has 2 rings (SSSR count). The SMILES string of the molecule is COc1cc(C(C)N[C@H](C)C2CCCCC2)ccc1O. The van der Waals surface area contributed by atoms with Crippen LogP contribution in [0, 0.1) is 5.92 Å². The van der Waals surface area contributed by atoms with Crippen LogP contribution in [0.25, 0.3) is 0 Å². The summed E-state index contributed by atoms with van der Waals surface area (Å²) in [6.45, 7) is 4.47. The highest BCUT2D eigenvalue weighted by molar-refractivity contribution is 5.42. The smallest absolute Gasteiger partial charge is 0.160 e. The molecule has 1 aliphatic rings. The van der Waals surface area contributed by atoms with Crippen molar-refractivity contribution >= 4 is 0 Å². The van der Waals surface area contributed by atoms with Crippen molar-refractivity contribution in [3.63, 3.8) is 0 Å². The molecule has 0 saturated heterocycles. The molecule has 0 aromatic heterocycles. The predicted octanol–water partition coefficient (Wildman–Crippen LogP) is 4.02. The van der Waals surface area contributed by atoms with Gasteiger partial charge in [-0.3, -0.25) is 0 Å². The van der Waals surface area contributed by atoms with Crippen molar-refractivity contribution in [3.8, 4) is 11.5 Å². The molecule has 0 radical (unpaired) electrons. The summed E-state index contributed by atoms with van der Waals surface area (Å²) < 4.78 is 5.18. The van der Waals surface area contributed by atoms with Crippen LogP contribution in [0.2, 0.25) is 0 Å². The lowest BCUT2D eigenvalue weighted by atomic mass is 9.84. The van der Waals surface area contributed by atoms with Gasteiger partial charge in [0.25, 0.3) is 0 Å². The maximum atomic E-state index is 9.66. The molecule has 112 valence electrons. The van der Waals surface area contributed by atoms with Crippen molar-refractivity contribution < 1.29 is 9.84 Å². The lowest BCUT2D eigenvalue weighted by Gasteiger charge is -2.31. The maximum Gasteiger partial charge on any atom is 0.160 e. The second kappa shape index (κ2) is 6.98. The van der Waals surface area contributed by atoms with Crippen molar-refractivity contribution in [1.29, 1.82) is 0 Å². The van der Waals surface area contributed by atoms with Crippen LogP contribution >= 0.6 is 0 Å². The number of hydrogen-bond acceptors (Lipinski definition) is 3. The zero-order chi connectivity index (χ0) is 14.5. The quantitative estimate of drug-likeness (QED) is 0.854. The average molecular weight is 277 g/mol. The summed E-state index contributed by atoms with van der Waals surface area (Å²) in [5.74, 6) is 1.54. The van der Waals surface area contributed by atoms with Gasteiger partial charge in [0, 0.05) is 12.1 Å². The summed E-state index contributed by atoms with van der Waals surface area (Å²) in [6, 6.07) is 6.38. The first-order chi connectivity index (χ1) is 9.61. The Morgan fingerprint density at radius 1 is 1.20 bits per heavy atom. The predicted molar refractivity (Wildman–Crippen MR) is 82.2 cm³/mol. The number of aromatic hydroxyl groups is 1. The first-order valence-electron chi connectivity index (χ1n) is 7.74. The van der Waals surface area contributed by atoms with Crippen LogP contribution in [-0.4, -0.2) is 18.3 Å². The largest absolute Gasteiger partial charge is 0.504 e. The number of methoxy groups -OCH3 is 1. The summed E-state index contributed by atoms with van der Waals surface area (Å²) in [4.78, 5) is 0. The Bertz CT molecular complexity index is 427. The van der Waals surface area contributed by atoms with Crippen molar-refractivity contribution in [2.45, 2.75) is 58.0 Å². The monoisotopic (exact) mass is 277 g/mol. The molecule has 1 saturated carbocycles. The van der Waals surface area contributed by atoms with E-state index in [0.717, 1.165) is 11.5 Å².